The number of hydrogen-bond donors (Lipinski definition) is 0. The number of carbonyl (C=O) groups is 2. The van der Waals surface area contributed by atoms with E-state index in [0.29, 0.717) is 17.9 Å². The summed E-state index contributed by atoms with van der Waals surface area (Å²) in [6, 6.07) is 14.4. The van der Waals surface area contributed by atoms with Crippen LogP contribution < -0.4 is 4.90 Å². The Morgan fingerprint density at radius 2 is 1.79 bits per heavy atom. The summed E-state index contributed by atoms with van der Waals surface area (Å²) in [4.78, 5) is 27.5. The second kappa shape index (κ2) is 9.86. The molecule has 0 saturated carbocycles. The Morgan fingerprint density at radius 3 is 2.45 bits per heavy atom. The van der Waals surface area contributed by atoms with Crippen LogP contribution in [0, 0.1) is 18.7 Å². The Balaban J connectivity index is 1.52. The van der Waals surface area contributed by atoms with Crippen LogP contribution in [-0.4, -0.2) is 24.7 Å². The number of rotatable bonds is 7. The lowest BCUT2D eigenvalue weighted by atomic mass is 9.88. The van der Waals surface area contributed by atoms with Crippen molar-refractivity contribution in [2.75, 3.05) is 18.0 Å². The van der Waals surface area contributed by atoms with Crippen molar-refractivity contribution in [1.82, 2.24) is 0 Å². The largest absolute Gasteiger partial charge is 0.370 e. The SMILES string of the molecule is CCc1cccc2c(C)cc(C(C)=O)c(N3CCC(CCC(=O)c4cccc(F)c4)CC3)c12. The lowest BCUT2D eigenvalue weighted by Crippen LogP contribution is -2.35. The van der Waals surface area contributed by atoms with Crippen molar-refractivity contribution >= 4 is 28.0 Å². The number of piperidine rings is 1. The Morgan fingerprint density at radius 1 is 1.06 bits per heavy atom. The van der Waals surface area contributed by atoms with E-state index < -0.39 is 0 Å². The number of hydrogen-bond acceptors (Lipinski definition) is 3. The van der Waals surface area contributed by atoms with Gasteiger partial charge in [-0.3, -0.25) is 9.59 Å². The van der Waals surface area contributed by atoms with Gasteiger partial charge in [-0.1, -0.05) is 37.3 Å². The minimum Gasteiger partial charge on any atom is -0.370 e. The molecule has 0 bridgehead atoms. The minimum absolute atomic E-state index is 0.00733. The maximum Gasteiger partial charge on any atom is 0.162 e. The Labute approximate surface area is 195 Å². The molecular weight excluding hydrogens is 413 g/mol. The van der Waals surface area contributed by atoms with Gasteiger partial charge in [0.1, 0.15) is 5.82 Å². The third-order valence-corrected chi connectivity index (χ3v) is 7.05. The van der Waals surface area contributed by atoms with Crippen LogP contribution in [0.1, 0.15) is 71.4 Å². The van der Waals surface area contributed by atoms with Crippen molar-refractivity contribution in [3.8, 4) is 0 Å². The number of fused-ring (bicyclic) bond motifs is 1. The number of nitrogens with zero attached hydrogens (tertiary/aromatic N) is 1. The molecule has 3 aromatic rings. The van der Waals surface area contributed by atoms with E-state index in [1.807, 2.05) is 6.07 Å². The molecular formula is C29H32FNO2. The summed E-state index contributed by atoms with van der Waals surface area (Å²) >= 11 is 0. The molecule has 4 heteroatoms. The van der Waals surface area contributed by atoms with Crippen LogP contribution in [0.4, 0.5) is 10.1 Å². The molecule has 0 aliphatic carbocycles. The van der Waals surface area contributed by atoms with Gasteiger partial charge in [-0.25, -0.2) is 4.39 Å². The lowest BCUT2D eigenvalue weighted by Gasteiger charge is -2.36. The smallest absolute Gasteiger partial charge is 0.162 e. The van der Waals surface area contributed by atoms with Crippen LogP contribution in [0.2, 0.25) is 0 Å². The number of anilines is 1. The van der Waals surface area contributed by atoms with Gasteiger partial charge in [0.15, 0.2) is 11.6 Å². The maximum atomic E-state index is 13.4. The fourth-order valence-corrected chi connectivity index (χ4v) is 5.18. The van der Waals surface area contributed by atoms with Gasteiger partial charge in [0, 0.05) is 36.0 Å². The Kier molecular flexibility index (Phi) is 6.92. The summed E-state index contributed by atoms with van der Waals surface area (Å²) in [5, 5.41) is 2.43. The molecule has 1 saturated heterocycles. The summed E-state index contributed by atoms with van der Waals surface area (Å²) in [5.74, 6) is 0.200. The molecule has 0 aromatic heterocycles. The molecule has 172 valence electrons. The fourth-order valence-electron chi connectivity index (χ4n) is 5.18. The van der Waals surface area contributed by atoms with E-state index in [-0.39, 0.29) is 17.4 Å². The monoisotopic (exact) mass is 445 g/mol. The molecule has 3 aromatic carbocycles. The van der Waals surface area contributed by atoms with Crippen molar-refractivity contribution in [2.24, 2.45) is 5.92 Å². The topological polar surface area (TPSA) is 37.4 Å². The zero-order valence-corrected chi connectivity index (χ0v) is 19.8. The Hall–Kier alpha value is -3.01. The lowest BCUT2D eigenvalue weighted by molar-refractivity contribution is 0.0969. The van der Waals surface area contributed by atoms with Crippen molar-refractivity contribution in [3.05, 3.63) is 76.6 Å². The van der Waals surface area contributed by atoms with E-state index in [0.717, 1.165) is 55.6 Å². The molecule has 0 amide bonds. The molecule has 1 aliphatic heterocycles. The second-order valence-electron chi connectivity index (χ2n) is 9.24. The third-order valence-electron chi connectivity index (χ3n) is 7.05. The molecule has 3 nitrogen and oxygen atoms in total. The zero-order valence-electron chi connectivity index (χ0n) is 19.8. The summed E-state index contributed by atoms with van der Waals surface area (Å²) in [7, 11) is 0. The van der Waals surface area contributed by atoms with E-state index in [9.17, 15) is 14.0 Å². The van der Waals surface area contributed by atoms with E-state index in [1.165, 1.54) is 28.5 Å². The number of aryl methyl sites for hydroxylation is 2. The first-order chi connectivity index (χ1) is 15.9. The predicted molar refractivity (Wildman–Crippen MR) is 133 cm³/mol. The summed E-state index contributed by atoms with van der Waals surface area (Å²) in [6.45, 7) is 7.64. The molecule has 1 heterocycles. The molecule has 1 aliphatic rings. The van der Waals surface area contributed by atoms with Crippen molar-refractivity contribution in [2.45, 2.75) is 52.9 Å². The van der Waals surface area contributed by atoms with Crippen LogP contribution in [-0.2, 0) is 6.42 Å². The van der Waals surface area contributed by atoms with Crippen LogP contribution in [0.25, 0.3) is 10.8 Å². The number of ketones is 2. The van der Waals surface area contributed by atoms with Gasteiger partial charge >= 0.3 is 0 Å². The highest BCUT2D eigenvalue weighted by Gasteiger charge is 2.26. The van der Waals surface area contributed by atoms with Gasteiger partial charge in [-0.15, -0.1) is 0 Å². The maximum absolute atomic E-state index is 13.4. The standard InChI is InChI=1S/C29H32FNO2/c1-4-22-7-6-10-25-19(2)17-26(20(3)32)29(28(22)25)31-15-13-21(14-16-31)11-12-27(33)23-8-5-9-24(30)18-23/h5-10,17-18,21H,4,11-16H2,1-3H3. The van der Waals surface area contributed by atoms with Crippen LogP contribution >= 0.6 is 0 Å². The predicted octanol–water partition coefficient (Wildman–Crippen LogP) is 6.93. The van der Waals surface area contributed by atoms with Gasteiger partial charge in [0.2, 0.25) is 0 Å². The third kappa shape index (κ3) is 4.85. The van der Waals surface area contributed by atoms with E-state index in [4.69, 9.17) is 0 Å². The second-order valence-corrected chi connectivity index (χ2v) is 9.24. The fraction of sp³-hybridized carbons (Fsp3) is 0.379. The quantitative estimate of drug-likeness (QED) is 0.370. The molecule has 0 N–H and O–H groups in total. The van der Waals surface area contributed by atoms with Crippen molar-refractivity contribution in [3.63, 3.8) is 0 Å². The highest BCUT2D eigenvalue weighted by molar-refractivity contribution is 6.11. The van der Waals surface area contributed by atoms with Gasteiger partial charge in [-0.05, 0) is 80.2 Å². The van der Waals surface area contributed by atoms with Gasteiger partial charge in [0.05, 0.1) is 5.69 Å². The molecule has 0 spiro atoms. The number of halogens is 1. The highest BCUT2D eigenvalue weighted by Crippen LogP contribution is 2.38. The summed E-state index contributed by atoms with van der Waals surface area (Å²) < 4.78 is 13.4. The first-order valence-corrected chi connectivity index (χ1v) is 12.0. The van der Waals surface area contributed by atoms with E-state index >= 15 is 0 Å². The van der Waals surface area contributed by atoms with Crippen molar-refractivity contribution < 1.29 is 14.0 Å². The highest BCUT2D eigenvalue weighted by atomic mass is 19.1. The van der Waals surface area contributed by atoms with E-state index in [1.54, 1.807) is 19.1 Å². The average Bonchev–Trinajstić information content (AvgIpc) is 2.82. The molecule has 4 rings (SSSR count). The molecule has 1 fully saturated rings. The van der Waals surface area contributed by atoms with Gasteiger partial charge in [-0.2, -0.15) is 0 Å². The number of Topliss-reactive ketones (excluding diaryl/α,β-unsaturated/α-hetero) is 2. The molecule has 0 unspecified atom stereocenters. The van der Waals surface area contributed by atoms with Crippen LogP contribution in [0.5, 0.6) is 0 Å². The normalized spacial score (nSPS) is 14.6. The number of benzene rings is 3. The first kappa shape index (κ1) is 23.2. The van der Waals surface area contributed by atoms with Crippen molar-refractivity contribution in [1.29, 1.82) is 0 Å². The summed E-state index contributed by atoms with van der Waals surface area (Å²) in [5.41, 5.74) is 4.75. The average molecular weight is 446 g/mol. The molecule has 0 radical (unpaired) electrons. The summed E-state index contributed by atoms with van der Waals surface area (Å²) in [6.07, 6.45) is 4.15. The van der Waals surface area contributed by atoms with Crippen LogP contribution in [0.15, 0.2) is 48.5 Å². The molecule has 33 heavy (non-hydrogen) atoms. The van der Waals surface area contributed by atoms with Crippen LogP contribution in [0.3, 0.4) is 0 Å². The molecule has 0 atom stereocenters. The van der Waals surface area contributed by atoms with E-state index in [2.05, 4.69) is 36.9 Å². The first-order valence-electron chi connectivity index (χ1n) is 12.0. The minimum atomic E-state index is -0.368. The zero-order chi connectivity index (χ0) is 23.5. The van der Waals surface area contributed by atoms with Gasteiger partial charge in [0.25, 0.3) is 0 Å². The Bertz CT molecular complexity index is 1190. The number of carbonyl (C=O) groups excluding carboxylic acids is 2. The van der Waals surface area contributed by atoms with Gasteiger partial charge < -0.3 is 4.90 Å².